The summed E-state index contributed by atoms with van der Waals surface area (Å²) in [6.45, 7) is -0.268. The molecule has 0 saturated carbocycles. The maximum Gasteiger partial charge on any atom is 0.416 e. The van der Waals surface area contributed by atoms with Crippen molar-refractivity contribution in [1.82, 2.24) is 4.31 Å². The van der Waals surface area contributed by atoms with Crippen LogP contribution in [-0.4, -0.2) is 44.4 Å². The third-order valence-electron chi connectivity index (χ3n) is 3.37. The number of nitrogens with two attached hydrogens (primary N) is 1. The largest absolute Gasteiger partial charge is 0.416 e. The van der Waals surface area contributed by atoms with Crippen molar-refractivity contribution in [3.05, 3.63) is 29.8 Å². The predicted octanol–water partition coefficient (Wildman–Crippen LogP) is 0.970. The molecule has 128 valence electrons. The van der Waals surface area contributed by atoms with Crippen LogP contribution in [0.25, 0.3) is 0 Å². The minimum absolute atomic E-state index is 0.0359. The van der Waals surface area contributed by atoms with E-state index in [4.69, 9.17) is 10.5 Å². The molecule has 0 aliphatic carbocycles. The van der Waals surface area contributed by atoms with Gasteiger partial charge in [0.2, 0.25) is 15.9 Å². The van der Waals surface area contributed by atoms with E-state index < -0.39 is 38.7 Å². The van der Waals surface area contributed by atoms with Gasteiger partial charge in [-0.3, -0.25) is 4.79 Å². The molecular weight excluding hydrogens is 337 g/mol. The Morgan fingerprint density at radius 3 is 2.70 bits per heavy atom. The van der Waals surface area contributed by atoms with Gasteiger partial charge in [-0.1, -0.05) is 6.07 Å². The van der Waals surface area contributed by atoms with Gasteiger partial charge in [-0.05, 0) is 24.6 Å². The number of alkyl halides is 3. The molecule has 1 fully saturated rings. The molecule has 0 spiro atoms. The number of benzene rings is 1. The molecule has 0 bridgehead atoms. The molecule has 2 N–H and O–H groups in total. The lowest BCUT2D eigenvalue weighted by Crippen LogP contribution is -2.31. The second-order valence-corrected chi connectivity index (χ2v) is 7.01. The highest BCUT2D eigenvalue weighted by Gasteiger charge is 2.36. The van der Waals surface area contributed by atoms with Crippen molar-refractivity contribution in [2.24, 2.45) is 5.73 Å². The highest BCUT2D eigenvalue weighted by Crippen LogP contribution is 2.31. The Hall–Kier alpha value is -1.65. The van der Waals surface area contributed by atoms with E-state index in [2.05, 4.69) is 0 Å². The fourth-order valence-corrected chi connectivity index (χ4v) is 3.77. The van der Waals surface area contributed by atoms with Crippen LogP contribution in [0.4, 0.5) is 13.2 Å². The normalized spacial score (nSPS) is 19.9. The van der Waals surface area contributed by atoms with E-state index in [9.17, 15) is 26.4 Å². The summed E-state index contributed by atoms with van der Waals surface area (Å²) >= 11 is 0. The van der Waals surface area contributed by atoms with Crippen LogP contribution >= 0.6 is 0 Å². The Kier molecular flexibility index (Phi) is 4.97. The molecule has 10 heteroatoms. The standard InChI is InChI=1S/C13H15F3N2O4S/c14-13(15,16)9-2-1-3-11(6-9)23(20,21)18-5-4-10(7-18)22-8-12(17)19/h1-3,6,10H,4-5,7-8H2,(H2,17,19). The number of primary amides is 1. The van der Waals surface area contributed by atoms with Gasteiger partial charge in [-0.25, -0.2) is 8.42 Å². The van der Waals surface area contributed by atoms with E-state index in [1.54, 1.807) is 0 Å². The summed E-state index contributed by atoms with van der Waals surface area (Å²) in [7, 11) is -4.06. The van der Waals surface area contributed by atoms with Crippen LogP contribution in [0.5, 0.6) is 0 Å². The van der Waals surface area contributed by atoms with Gasteiger partial charge < -0.3 is 10.5 Å². The molecule has 0 radical (unpaired) electrons. The zero-order valence-corrected chi connectivity index (χ0v) is 12.7. The fourth-order valence-electron chi connectivity index (χ4n) is 2.23. The lowest BCUT2D eigenvalue weighted by atomic mass is 10.2. The molecule has 1 atom stereocenters. The molecule has 1 saturated heterocycles. The summed E-state index contributed by atoms with van der Waals surface area (Å²) in [6, 6.07) is 3.57. The van der Waals surface area contributed by atoms with E-state index in [0.717, 1.165) is 22.5 Å². The zero-order valence-electron chi connectivity index (χ0n) is 11.9. The second kappa shape index (κ2) is 6.46. The summed E-state index contributed by atoms with van der Waals surface area (Å²) in [5.74, 6) is -0.677. The van der Waals surface area contributed by atoms with Crippen LogP contribution in [-0.2, 0) is 25.7 Å². The van der Waals surface area contributed by atoms with Crippen molar-refractivity contribution in [1.29, 1.82) is 0 Å². The molecular formula is C13H15F3N2O4S. The highest BCUT2D eigenvalue weighted by atomic mass is 32.2. The third-order valence-corrected chi connectivity index (χ3v) is 5.23. The van der Waals surface area contributed by atoms with Gasteiger partial charge in [0, 0.05) is 13.1 Å². The summed E-state index contributed by atoms with van der Waals surface area (Å²) < 4.78 is 69.1. The second-order valence-electron chi connectivity index (χ2n) is 5.08. The lowest BCUT2D eigenvalue weighted by molar-refractivity contribution is -0.137. The number of carbonyl (C=O) groups is 1. The monoisotopic (exact) mass is 352 g/mol. The van der Waals surface area contributed by atoms with E-state index in [0.29, 0.717) is 12.5 Å². The topological polar surface area (TPSA) is 89.7 Å². The number of amides is 1. The van der Waals surface area contributed by atoms with Crippen molar-refractivity contribution in [2.75, 3.05) is 19.7 Å². The van der Waals surface area contributed by atoms with Crippen LogP contribution < -0.4 is 5.73 Å². The summed E-state index contributed by atoms with van der Waals surface area (Å²) in [5.41, 5.74) is 3.91. The predicted molar refractivity (Wildman–Crippen MR) is 73.8 cm³/mol. The summed E-state index contributed by atoms with van der Waals surface area (Å²) in [5, 5.41) is 0. The molecule has 1 aliphatic rings. The average molecular weight is 352 g/mol. The molecule has 1 aliphatic heterocycles. The number of sulfonamides is 1. The van der Waals surface area contributed by atoms with Gasteiger partial charge in [-0.2, -0.15) is 17.5 Å². The van der Waals surface area contributed by atoms with Gasteiger partial charge in [0.1, 0.15) is 6.61 Å². The highest BCUT2D eigenvalue weighted by molar-refractivity contribution is 7.89. The van der Waals surface area contributed by atoms with E-state index in [1.807, 2.05) is 0 Å². The first-order valence-corrected chi connectivity index (χ1v) is 8.12. The van der Waals surface area contributed by atoms with Gasteiger partial charge in [0.25, 0.3) is 0 Å². The SMILES string of the molecule is NC(=O)COC1CCN(S(=O)(=O)c2cccc(C(F)(F)F)c2)C1. The van der Waals surface area contributed by atoms with Crippen LogP contribution in [0.2, 0.25) is 0 Å². The molecule has 1 amide bonds. The quantitative estimate of drug-likeness (QED) is 0.855. The number of halogens is 3. The minimum Gasteiger partial charge on any atom is -0.368 e. The Bertz CT molecular complexity index is 691. The van der Waals surface area contributed by atoms with Gasteiger partial charge in [0.05, 0.1) is 16.6 Å². The van der Waals surface area contributed by atoms with Gasteiger partial charge >= 0.3 is 6.18 Å². The first-order chi connectivity index (χ1) is 10.6. The van der Waals surface area contributed by atoms with Crippen molar-refractivity contribution in [3.63, 3.8) is 0 Å². The Labute approximate surface area is 131 Å². The van der Waals surface area contributed by atoms with Gasteiger partial charge in [0.15, 0.2) is 0 Å². The zero-order chi connectivity index (χ0) is 17.3. The number of hydrogen-bond acceptors (Lipinski definition) is 4. The molecule has 1 aromatic rings. The molecule has 0 aromatic heterocycles. The van der Waals surface area contributed by atoms with E-state index >= 15 is 0 Å². The van der Waals surface area contributed by atoms with E-state index in [1.165, 1.54) is 0 Å². The first kappa shape index (κ1) is 17.7. The van der Waals surface area contributed by atoms with Gasteiger partial charge in [-0.15, -0.1) is 0 Å². The molecule has 6 nitrogen and oxygen atoms in total. The number of hydrogen-bond donors (Lipinski definition) is 1. The van der Waals surface area contributed by atoms with E-state index in [-0.39, 0.29) is 19.7 Å². The Morgan fingerprint density at radius 2 is 2.09 bits per heavy atom. The smallest absolute Gasteiger partial charge is 0.368 e. The minimum atomic E-state index is -4.62. The average Bonchev–Trinajstić information content (AvgIpc) is 2.94. The van der Waals surface area contributed by atoms with Crippen LogP contribution in [0.1, 0.15) is 12.0 Å². The summed E-state index contributed by atoms with van der Waals surface area (Å²) in [6.07, 6.45) is -4.79. The molecule has 23 heavy (non-hydrogen) atoms. The fraction of sp³-hybridized carbons (Fsp3) is 0.462. The van der Waals surface area contributed by atoms with Crippen molar-refractivity contribution >= 4 is 15.9 Å². The maximum absolute atomic E-state index is 12.7. The molecule has 1 aromatic carbocycles. The van der Waals surface area contributed by atoms with Crippen LogP contribution in [0.15, 0.2) is 29.2 Å². The third kappa shape index (κ3) is 4.21. The molecule has 2 rings (SSSR count). The van der Waals surface area contributed by atoms with Crippen molar-refractivity contribution in [3.8, 4) is 0 Å². The van der Waals surface area contributed by atoms with Crippen molar-refractivity contribution < 1.29 is 31.1 Å². The molecule has 1 heterocycles. The van der Waals surface area contributed by atoms with Crippen molar-refractivity contribution in [2.45, 2.75) is 23.6 Å². The molecule has 1 unspecified atom stereocenters. The first-order valence-electron chi connectivity index (χ1n) is 6.68. The number of ether oxygens (including phenoxy) is 1. The summed E-state index contributed by atoms with van der Waals surface area (Å²) in [4.78, 5) is 10.2. The maximum atomic E-state index is 12.7. The lowest BCUT2D eigenvalue weighted by Gasteiger charge is -2.17. The van der Waals surface area contributed by atoms with Crippen LogP contribution in [0, 0.1) is 0 Å². The van der Waals surface area contributed by atoms with Crippen LogP contribution in [0.3, 0.4) is 0 Å². The number of carbonyl (C=O) groups excluding carboxylic acids is 1. The Balaban J connectivity index is 2.15. The number of rotatable bonds is 5. The number of nitrogens with zero attached hydrogens (tertiary/aromatic N) is 1. The Morgan fingerprint density at radius 1 is 1.39 bits per heavy atom.